The van der Waals surface area contributed by atoms with Gasteiger partial charge in [0.1, 0.15) is 5.69 Å². The van der Waals surface area contributed by atoms with Crippen molar-refractivity contribution in [1.82, 2.24) is 0 Å². The maximum atomic E-state index is 11.2. The highest BCUT2D eigenvalue weighted by molar-refractivity contribution is 5.94. The van der Waals surface area contributed by atoms with E-state index < -0.39 is 9.85 Å². The summed E-state index contributed by atoms with van der Waals surface area (Å²) in [4.78, 5) is 20.7. The Bertz CT molecular complexity index is 828. The fraction of sp³-hybridized carbons (Fsp3) is 0.500. The molecule has 2 bridgehead atoms. The van der Waals surface area contributed by atoms with Crippen LogP contribution in [0.15, 0.2) is 34.9 Å². The van der Waals surface area contributed by atoms with Crippen molar-refractivity contribution < 1.29 is 9.85 Å². The van der Waals surface area contributed by atoms with Crippen LogP contribution in [0.25, 0.3) is 0 Å². The molecule has 1 N–H and O–H groups in total. The Hall–Kier alpha value is -2.77. The van der Waals surface area contributed by atoms with Crippen LogP contribution >= 0.6 is 0 Å². The molecule has 2 aliphatic rings. The maximum Gasteiger partial charge on any atom is 0.301 e. The fourth-order valence-corrected chi connectivity index (χ4v) is 4.27. The number of hydrogen-bond acceptors (Lipinski definition) is 6. The second kappa shape index (κ2) is 6.51. The lowest BCUT2D eigenvalue weighted by Crippen LogP contribution is -2.23. The van der Waals surface area contributed by atoms with Gasteiger partial charge < -0.3 is 0 Å². The molecule has 26 heavy (non-hydrogen) atoms. The van der Waals surface area contributed by atoms with Crippen molar-refractivity contribution in [3.8, 4) is 0 Å². The summed E-state index contributed by atoms with van der Waals surface area (Å²) in [5.41, 5.74) is 4.41. The lowest BCUT2D eigenvalue weighted by atomic mass is 9.72. The predicted molar refractivity (Wildman–Crippen MR) is 99.2 cm³/mol. The minimum Gasteiger partial charge on any atom is -0.271 e. The number of anilines is 1. The summed E-state index contributed by atoms with van der Waals surface area (Å²) < 4.78 is 0. The van der Waals surface area contributed by atoms with Crippen molar-refractivity contribution in [2.75, 3.05) is 5.43 Å². The predicted octanol–water partition coefficient (Wildman–Crippen LogP) is 4.67. The van der Waals surface area contributed by atoms with Gasteiger partial charge in [0.15, 0.2) is 0 Å². The molecule has 0 aliphatic heterocycles. The lowest BCUT2D eigenvalue weighted by molar-refractivity contribution is -0.393. The van der Waals surface area contributed by atoms with Gasteiger partial charge in [0.2, 0.25) is 0 Å². The van der Waals surface area contributed by atoms with Crippen molar-refractivity contribution in [1.29, 1.82) is 0 Å². The van der Waals surface area contributed by atoms with Gasteiger partial charge in [-0.1, -0.05) is 19.4 Å². The normalized spacial score (nSPS) is 25.5. The molecule has 1 aromatic rings. The Balaban J connectivity index is 1.83. The molecule has 8 heteroatoms. The fourth-order valence-electron chi connectivity index (χ4n) is 4.27. The lowest BCUT2D eigenvalue weighted by Gasteiger charge is -2.32. The minimum atomic E-state index is -0.660. The van der Waals surface area contributed by atoms with Crippen LogP contribution in [0, 0.1) is 37.5 Å². The number of hydrogen-bond donors (Lipinski definition) is 1. The van der Waals surface area contributed by atoms with Crippen LogP contribution in [0.5, 0.6) is 0 Å². The highest BCUT2D eigenvalue weighted by Gasteiger charge is 2.48. The SMILES string of the molecule is CC(/C=C1/[C@@H]2CC[C@H](C2)C1(C)C)=N\Nc1ccc([N+](=O)[O-])cc1[N+](=O)[O-]. The second-order valence-corrected chi connectivity index (χ2v) is 7.61. The largest absolute Gasteiger partial charge is 0.301 e. The number of nitro benzene ring substituents is 2. The van der Waals surface area contributed by atoms with Gasteiger partial charge in [0.25, 0.3) is 5.69 Å². The van der Waals surface area contributed by atoms with E-state index in [0.717, 1.165) is 17.7 Å². The van der Waals surface area contributed by atoms with E-state index in [1.165, 1.54) is 37.0 Å². The summed E-state index contributed by atoms with van der Waals surface area (Å²) in [5, 5.41) is 26.2. The monoisotopic (exact) mass is 358 g/mol. The third-order valence-corrected chi connectivity index (χ3v) is 5.74. The minimum absolute atomic E-state index is 0.130. The Kier molecular flexibility index (Phi) is 4.52. The average molecular weight is 358 g/mol. The standard InChI is InChI=1S/C18H22N4O4/c1-11(8-15-12-4-5-13(9-12)18(15,2)3)19-20-16-7-6-14(21(23)24)10-17(16)22(25)26/h6-8,10,12-13,20H,4-5,9H2,1-3H3/b15-8-,19-11+/t12-,13-/m1/s1. The van der Waals surface area contributed by atoms with Gasteiger partial charge in [-0.2, -0.15) is 5.10 Å². The molecule has 3 rings (SSSR count). The molecule has 0 spiro atoms. The van der Waals surface area contributed by atoms with E-state index in [-0.39, 0.29) is 22.5 Å². The summed E-state index contributed by atoms with van der Waals surface area (Å²) in [6.07, 6.45) is 5.80. The highest BCUT2D eigenvalue weighted by Crippen LogP contribution is 2.58. The molecule has 0 aromatic heterocycles. The number of nitrogens with zero attached hydrogens (tertiary/aromatic N) is 3. The molecule has 2 fully saturated rings. The van der Waals surface area contributed by atoms with Gasteiger partial charge in [0.05, 0.1) is 21.6 Å². The van der Waals surface area contributed by atoms with E-state index >= 15 is 0 Å². The Morgan fingerprint density at radius 3 is 2.58 bits per heavy atom. The molecule has 2 aliphatic carbocycles. The van der Waals surface area contributed by atoms with E-state index in [2.05, 4.69) is 30.5 Å². The zero-order valence-electron chi connectivity index (χ0n) is 15.1. The Labute approximate surface area is 151 Å². The van der Waals surface area contributed by atoms with Crippen molar-refractivity contribution in [2.24, 2.45) is 22.4 Å². The first kappa shape index (κ1) is 18.0. The average Bonchev–Trinajstić information content (AvgIpc) is 3.14. The number of benzene rings is 1. The third-order valence-electron chi connectivity index (χ3n) is 5.74. The van der Waals surface area contributed by atoms with Crippen molar-refractivity contribution in [3.63, 3.8) is 0 Å². The van der Waals surface area contributed by atoms with Crippen molar-refractivity contribution >= 4 is 22.8 Å². The maximum absolute atomic E-state index is 11.2. The smallest absolute Gasteiger partial charge is 0.271 e. The molecule has 0 amide bonds. The zero-order valence-corrected chi connectivity index (χ0v) is 15.1. The third kappa shape index (κ3) is 3.18. The summed E-state index contributed by atoms with van der Waals surface area (Å²) in [7, 11) is 0. The summed E-state index contributed by atoms with van der Waals surface area (Å²) in [5.74, 6) is 1.32. The molecule has 0 saturated heterocycles. The summed E-state index contributed by atoms with van der Waals surface area (Å²) in [6, 6.07) is 3.46. The first-order valence-corrected chi connectivity index (χ1v) is 8.65. The van der Waals surface area contributed by atoms with E-state index in [1.54, 1.807) is 0 Å². The molecule has 0 heterocycles. The topological polar surface area (TPSA) is 111 Å². The highest BCUT2D eigenvalue weighted by atomic mass is 16.6. The molecule has 2 saturated carbocycles. The number of fused-ring (bicyclic) bond motifs is 2. The Morgan fingerprint density at radius 2 is 2.00 bits per heavy atom. The molecule has 2 atom stereocenters. The number of allylic oxidation sites excluding steroid dienone is 2. The van der Waals surface area contributed by atoms with E-state index in [4.69, 9.17) is 0 Å². The van der Waals surface area contributed by atoms with Crippen LogP contribution in [0.4, 0.5) is 17.1 Å². The molecule has 138 valence electrons. The molecule has 8 nitrogen and oxygen atoms in total. The van der Waals surface area contributed by atoms with E-state index in [1.807, 2.05) is 6.92 Å². The van der Waals surface area contributed by atoms with Crippen LogP contribution in [0.3, 0.4) is 0 Å². The van der Waals surface area contributed by atoms with Crippen LogP contribution in [0.1, 0.15) is 40.0 Å². The van der Waals surface area contributed by atoms with Crippen LogP contribution in [0.2, 0.25) is 0 Å². The Morgan fingerprint density at radius 1 is 1.27 bits per heavy atom. The zero-order chi connectivity index (χ0) is 19.1. The van der Waals surface area contributed by atoms with Gasteiger partial charge in [0, 0.05) is 6.07 Å². The second-order valence-electron chi connectivity index (χ2n) is 7.61. The summed E-state index contributed by atoms with van der Waals surface area (Å²) in [6.45, 7) is 6.38. The number of rotatable bonds is 5. The first-order chi connectivity index (χ1) is 12.2. The molecule has 1 aromatic carbocycles. The van der Waals surface area contributed by atoms with Gasteiger partial charge >= 0.3 is 5.69 Å². The van der Waals surface area contributed by atoms with Crippen molar-refractivity contribution in [3.05, 3.63) is 50.1 Å². The van der Waals surface area contributed by atoms with Crippen LogP contribution in [-0.2, 0) is 0 Å². The summed E-state index contributed by atoms with van der Waals surface area (Å²) >= 11 is 0. The van der Waals surface area contributed by atoms with Gasteiger partial charge in [-0.25, -0.2) is 0 Å². The molecule has 0 radical (unpaired) electrons. The number of nitro groups is 2. The van der Waals surface area contributed by atoms with E-state index in [0.29, 0.717) is 5.92 Å². The van der Waals surface area contributed by atoms with Gasteiger partial charge in [-0.05, 0) is 55.6 Å². The quantitative estimate of drug-likeness (QED) is 0.467. The van der Waals surface area contributed by atoms with Gasteiger partial charge in [-0.15, -0.1) is 0 Å². The van der Waals surface area contributed by atoms with E-state index in [9.17, 15) is 20.2 Å². The van der Waals surface area contributed by atoms with Crippen LogP contribution in [-0.4, -0.2) is 15.6 Å². The first-order valence-electron chi connectivity index (χ1n) is 8.65. The molecular formula is C18H22N4O4. The number of non-ortho nitro benzene ring substituents is 1. The molecule has 0 unspecified atom stereocenters. The number of hydrazone groups is 1. The number of nitrogens with one attached hydrogen (secondary N) is 1. The van der Waals surface area contributed by atoms with Crippen molar-refractivity contribution in [2.45, 2.75) is 40.0 Å². The molecular weight excluding hydrogens is 336 g/mol. The van der Waals surface area contributed by atoms with Crippen LogP contribution < -0.4 is 5.43 Å². The van der Waals surface area contributed by atoms with Gasteiger partial charge in [-0.3, -0.25) is 25.7 Å².